The van der Waals surface area contributed by atoms with Crippen LogP contribution < -0.4 is 5.32 Å². The summed E-state index contributed by atoms with van der Waals surface area (Å²) in [5.74, 6) is -0.0332. The fraction of sp³-hybridized carbons (Fsp3) is 0.143. The summed E-state index contributed by atoms with van der Waals surface area (Å²) >= 11 is 0. The van der Waals surface area contributed by atoms with Gasteiger partial charge in [-0.3, -0.25) is 10.1 Å². The summed E-state index contributed by atoms with van der Waals surface area (Å²) in [6.45, 7) is 0.164. The number of hydrogen-bond acceptors (Lipinski definition) is 5. The van der Waals surface area contributed by atoms with Crippen LogP contribution >= 0.6 is 0 Å². The summed E-state index contributed by atoms with van der Waals surface area (Å²) in [6.07, 6.45) is -0.825. The van der Waals surface area contributed by atoms with E-state index in [-0.39, 0.29) is 18.0 Å². The zero-order valence-corrected chi connectivity index (χ0v) is 14.5. The van der Waals surface area contributed by atoms with Crippen molar-refractivity contribution in [2.45, 2.75) is 18.7 Å². The Kier molecular flexibility index (Phi) is 5.80. The predicted molar refractivity (Wildman–Crippen MR) is 102 cm³/mol. The van der Waals surface area contributed by atoms with E-state index in [1.54, 1.807) is 0 Å². The summed E-state index contributed by atoms with van der Waals surface area (Å²) in [5, 5.41) is 35.1. The fourth-order valence-electron chi connectivity index (χ4n) is 2.96. The monoisotopic (exact) mass is 364 g/mol. The third kappa shape index (κ3) is 4.49. The van der Waals surface area contributed by atoms with Gasteiger partial charge in [-0.15, -0.1) is 0 Å². The average molecular weight is 364 g/mol. The van der Waals surface area contributed by atoms with Gasteiger partial charge in [0, 0.05) is 24.2 Å². The van der Waals surface area contributed by atoms with Gasteiger partial charge in [0.2, 0.25) is 0 Å². The molecule has 0 saturated carbocycles. The number of nitrogens with zero attached hydrogens (tertiary/aromatic N) is 1. The summed E-state index contributed by atoms with van der Waals surface area (Å²) in [5.41, 5.74) is 1.93. The average Bonchev–Trinajstić information content (AvgIpc) is 2.70. The maximum atomic E-state index is 11.0. The minimum Gasteiger partial charge on any atom is -0.508 e. The van der Waals surface area contributed by atoms with Crippen LogP contribution in [0.25, 0.3) is 0 Å². The Morgan fingerprint density at radius 1 is 0.926 bits per heavy atom. The van der Waals surface area contributed by atoms with Crippen LogP contribution in [0, 0.1) is 10.1 Å². The van der Waals surface area contributed by atoms with Crippen molar-refractivity contribution in [1.82, 2.24) is 5.32 Å². The van der Waals surface area contributed by atoms with Crippen LogP contribution in [-0.4, -0.2) is 15.1 Å². The van der Waals surface area contributed by atoms with Crippen LogP contribution in [-0.2, 0) is 6.54 Å². The highest BCUT2D eigenvalue weighted by molar-refractivity contribution is 5.43. The molecule has 138 valence electrons. The smallest absolute Gasteiger partial charge is 0.270 e. The second-order valence-electron chi connectivity index (χ2n) is 6.19. The Hall–Kier alpha value is -3.22. The summed E-state index contributed by atoms with van der Waals surface area (Å²) < 4.78 is 0. The number of hydrogen-bond donors (Lipinski definition) is 3. The van der Waals surface area contributed by atoms with Gasteiger partial charge in [-0.25, -0.2) is 0 Å². The molecule has 0 aliphatic heterocycles. The molecule has 0 aromatic heterocycles. The zero-order valence-electron chi connectivity index (χ0n) is 14.5. The van der Waals surface area contributed by atoms with Crippen LogP contribution in [0.3, 0.4) is 0 Å². The van der Waals surface area contributed by atoms with Crippen molar-refractivity contribution in [2.75, 3.05) is 0 Å². The molecule has 0 fully saturated rings. The minimum atomic E-state index is -0.825. The number of nitrogens with one attached hydrogen (secondary N) is 1. The van der Waals surface area contributed by atoms with E-state index in [1.165, 1.54) is 18.2 Å². The number of aliphatic hydroxyl groups excluding tert-OH is 1. The number of non-ortho nitro benzene ring substituents is 1. The first-order valence-electron chi connectivity index (χ1n) is 8.54. The maximum absolute atomic E-state index is 11.0. The number of aromatic hydroxyl groups is 1. The van der Waals surface area contributed by atoms with Crippen molar-refractivity contribution in [2.24, 2.45) is 0 Å². The van der Waals surface area contributed by atoms with Crippen molar-refractivity contribution < 1.29 is 15.1 Å². The van der Waals surface area contributed by atoms with Crippen molar-refractivity contribution in [3.8, 4) is 5.75 Å². The number of benzene rings is 3. The Morgan fingerprint density at radius 2 is 1.52 bits per heavy atom. The summed E-state index contributed by atoms with van der Waals surface area (Å²) in [6, 6.07) is 22.2. The molecule has 27 heavy (non-hydrogen) atoms. The molecule has 0 unspecified atom stereocenters. The zero-order chi connectivity index (χ0) is 19.2. The van der Waals surface area contributed by atoms with Gasteiger partial charge in [0.05, 0.1) is 17.1 Å². The van der Waals surface area contributed by atoms with Crippen LogP contribution in [0.5, 0.6) is 5.75 Å². The Morgan fingerprint density at radius 3 is 2.11 bits per heavy atom. The largest absolute Gasteiger partial charge is 0.508 e. The Labute approximate surface area is 156 Å². The molecule has 0 aliphatic rings. The minimum absolute atomic E-state index is 0.0332. The second kappa shape index (κ2) is 8.44. The molecule has 0 amide bonds. The number of nitro benzene ring substituents is 1. The molecule has 2 atom stereocenters. The topological polar surface area (TPSA) is 95.6 Å². The third-order valence-electron chi connectivity index (χ3n) is 4.40. The van der Waals surface area contributed by atoms with Gasteiger partial charge in [0.25, 0.3) is 5.69 Å². The molecular formula is C21H20N2O4. The van der Waals surface area contributed by atoms with E-state index >= 15 is 0 Å². The summed E-state index contributed by atoms with van der Waals surface area (Å²) in [7, 11) is 0. The molecule has 0 radical (unpaired) electrons. The van der Waals surface area contributed by atoms with Crippen molar-refractivity contribution in [1.29, 1.82) is 0 Å². The summed E-state index contributed by atoms with van der Waals surface area (Å²) in [4.78, 5) is 10.5. The van der Waals surface area contributed by atoms with Crippen molar-refractivity contribution in [3.63, 3.8) is 0 Å². The van der Waals surface area contributed by atoms with E-state index < -0.39 is 17.1 Å². The lowest BCUT2D eigenvalue weighted by Gasteiger charge is -2.25. The number of phenolic OH excluding ortho intramolecular Hbond substituents is 1. The first-order valence-corrected chi connectivity index (χ1v) is 8.54. The van der Waals surface area contributed by atoms with Gasteiger partial charge in [0.1, 0.15) is 5.75 Å². The highest BCUT2D eigenvalue weighted by Crippen LogP contribution is 2.30. The number of aliphatic hydroxyl groups is 1. The van der Waals surface area contributed by atoms with Gasteiger partial charge in [0.15, 0.2) is 0 Å². The van der Waals surface area contributed by atoms with Gasteiger partial charge >= 0.3 is 0 Å². The van der Waals surface area contributed by atoms with E-state index in [9.17, 15) is 20.3 Å². The van der Waals surface area contributed by atoms with E-state index in [0.717, 1.165) is 11.1 Å². The second-order valence-corrected chi connectivity index (χ2v) is 6.19. The van der Waals surface area contributed by atoms with Gasteiger partial charge in [-0.1, -0.05) is 60.7 Å². The van der Waals surface area contributed by atoms with E-state index in [2.05, 4.69) is 5.32 Å². The molecule has 0 saturated heterocycles. The molecule has 6 nitrogen and oxygen atoms in total. The van der Waals surface area contributed by atoms with E-state index in [0.29, 0.717) is 5.56 Å². The molecular weight excluding hydrogens is 344 g/mol. The molecule has 3 rings (SSSR count). The van der Waals surface area contributed by atoms with E-state index in [1.807, 2.05) is 60.7 Å². The van der Waals surface area contributed by atoms with Gasteiger partial charge in [-0.2, -0.15) is 0 Å². The standard InChI is InChI=1S/C21H20N2O4/c24-19-12-11-18(23(26)27)13-17(19)14-22-20(15-7-3-1-4-8-15)21(25)16-9-5-2-6-10-16/h1-13,20-22,24-25H,14H2/t20-,21+/m0/s1. The molecule has 0 bridgehead atoms. The first-order chi connectivity index (χ1) is 13.1. The molecule has 3 aromatic rings. The SMILES string of the molecule is O=[N+]([O-])c1ccc(O)c(CN[C@@H](c2ccccc2)[C@H](O)c2ccccc2)c1. The van der Waals surface area contributed by atoms with Crippen LogP contribution in [0.15, 0.2) is 78.9 Å². The Bertz CT molecular complexity index is 901. The van der Waals surface area contributed by atoms with Crippen LogP contribution in [0.4, 0.5) is 5.69 Å². The fourth-order valence-corrected chi connectivity index (χ4v) is 2.96. The van der Waals surface area contributed by atoms with Crippen LogP contribution in [0.2, 0.25) is 0 Å². The van der Waals surface area contributed by atoms with Crippen LogP contribution in [0.1, 0.15) is 28.8 Å². The first kappa shape index (κ1) is 18.6. The molecule has 3 N–H and O–H groups in total. The van der Waals surface area contributed by atoms with Crippen molar-refractivity contribution >= 4 is 5.69 Å². The van der Waals surface area contributed by atoms with Gasteiger partial charge < -0.3 is 15.5 Å². The molecule has 6 heteroatoms. The maximum Gasteiger partial charge on any atom is 0.270 e. The molecule has 0 aliphatic carbocycles. The van der Waals surface area contributed by atoms with Gasteiger partial charge in [-0.05, 0) is 17.2 Å². The van der Waals surface area contributed by atoms with E-state index in [4.69, 9.17) is 0 Å². The Balaban J connectivity index is 1.87. The molecule has 0 spiro atoms. The lowest BCUT2D eigenvalue weighted by Crippen LogP contribution is -2.27. The highest BCUT2D eigenvalue weighted by atomic mass is 16.6. The lowest BCUT2D eigenvalue weighted by molar-refractivity contribution is -0.384. The predicted octanol–water partition coefficient (Wildman–Crippen LogP) is 3.86. The molecule has 0 heterocycles. The quantitative estimate of drug-likeness (QED) is 0.437. The number of rotatable bonds is 7. The lowest BCUT2D eigenvalue weighted by atomic mass is 9.95. The number of phenols is 1. The molecule has 3 aromatic carbocycles. The normalized spacial score (nSPS) is 13.1. The number of nitro groups is 1. The highest BCUT2D eigenvalue weighted by Gasteiger charge is 2.23. The third-order valence-corrected chi connectivity index (χ3v) is 4.40. The van der Waals surface area contributed by atoms with Crippen molar-refractivity contribution in [3.05, 3.63) is 106 Å².